The van der Waals surface area contributed by atoms with Crippen LogP contribution in [0.1, 0.15) is 6.42 Å². The summed E-state index contributed by atoms with van der Waals surface area (Å²) in [7, 11) is 0. The van der Waals surface area contributed by atoms with Crippen LogP contribution in [0.4, 0.5) is 8.78 Å². The molecule has 1 unspecified atom stereocenters. The zero-order valence-corrected chi connectivity index (χ0v) is 8.41. The second-order valence-electron chi connectivity index (χ2n) is 2.36. The van der Waals surface area contributed by atoms with E-state index in [9.17, 15) is 13.6 Å². The van der Waals surface area contributed by atoms with Crippen molar-refractivity contribution in [2.75, 3.05) is 13.3 Å². The largest absolute Gasteiger partial charge is 0.480 e. The second kappa shape index (κ2) is 9.95. The highest BCUT2D eigenvalue weighted by molar-refractivity contribution is 5.85. The fraction of sp³-hybridized carbons (Fsp3) is 0.833. The van der Waals surface area contributed by atoms with Crippen LogP contribution in [0.25, 0.3) is 0 Å². The Balaban J connectivity index is -0.000000500. The molecule has 0 aliphatic rings. The minimum absolute atomic E-state index is 0. The standard InChI is InChI=1S/C6H11F2NO2.2ClH/c7-2-4(3-8)1-5(9)6(10)11;;/h4-5H,1-3,9H2,(H,10,11);2*1H. The van der Waals surface area contributed by atoms with E-state index in [1.54, 1.807) is 0 Å². The summed E-state index contributed by atoms with van der Waals surface area (Å²) in [5, 5.41) is 8.25. The Hall–Kier alpha value is -0.130. The first kappa shape index (κ1) is 18.6. The molecule has 3 nitrogen and oxygen atoms in total. The molecule has 0 aliphatic carbocycles. The van der Waals surface area contributed by atoms with Gasteiger partial charge in [-0.15, -0.1) is 24.8 Å². The lowest BCUT2D eigenvalue weighted by Gasteiger charge is -2.10. The van der Waals surface area contributed by atoms with Gasteiger partial charge in [-0.2, -0.15) is 0 Å². The number of carboxylic acids is 1. The van der Waals surface area contributed by atoms with Gasteiger partial charge in [0.25, 0.3) is 0 Å². The minimum Gasteiger partial charge on any atom is -0.480 e. The Morgan fingerprint density at radius 3 is 1.92 bits per heavy atom. The van der Waals surface area contributed by atoms with Gasteiger partial charge in [-0.1, -0.05) is 0 Å². The van der Waals surface area contributed by atoms with Gasteiger partial charge >= 0.3 is 5.97 Å². The van der Waals surface area contributed by atoms with Crippen LogP contribution in [-0.4, -0.2) is 30.5 Å². The molecule has 0 amide bonds. The van der Waals surface area contributed by atoms with Crippen LogP contribution in [0.5, 0.6) is 0 Å². The lowest BCUT2D eigenvalue weighted by molar-refractivity contribution is -0.139. The number of aliphatic carboxylic acids is 1. The number of hydrogen-bond acceptors (Lipinski definition) is 2. The molecule has 0 saturated carbocycles. The summed E-state index contributed by atoms with van der Waals surface area (Å²) in [6.07, 6.45) is -0.150. The summed E-state index contributed by atoms with van der Waals surface area (Å²) in [5.74, 6) is -2.10. The molecule has 3 N–H and O–H groups in total. The van der Waals surface area contributed by atoms with Crippen LogP contribution >= 0.6 is 24.8 Å². The molecule has 0 fully saturated rings. The molecule has 0 aromatic heterocycles. The van der Waals surface area contributed by atoms with E-state index in [2.05, 4.69) is 0 Å². The van der Waals surface area contributed by atoms with Crippen molar-refractivity contribution in [3.63, 3.8) is 0 Å². The van der Waals surface area contributed by atoms with Gasteiger partial charge in [0, 0.05) is 5.92 Å². The monoisotopic (exact) mass is 239 g/mol. The number of hydrogen-bond donors (Lipinski definition) is 2. The molecule has 0 bridgehead atoms. The van der Waals surface area contributed by atoms with Crippen LogP contribution in [0, 0.1) is 5.92 Å². The Morgan fingerprint density at radius 1 is 1.31 bits per heavy atom. The summed E-state index contributed by atoms with van der Waals surface area (Å²) in [6, 6.07) is -1.16. The van der Waals surface area contributed by atoms with Crippen molar-refractivity contribution in [1.82, 2.24) is 0 Å². The smallest absolute Gasteiger partial charge is 0.320 e. The summed E-state index contributed by atoms with van der Waals surface area (Å²) in [5.41, 5.74) is 5.04. The molecule has 0 radical (unpaired) electrons. The van der Waals surface area contributed by atoms with E-state index in [0.29, 0.717) is 0 Å². The Bertz CT molecular complexity index is 136. The van der Waals surface area contributed by atoms with Gasteiger partial charge in [-0.25, -0.2) is 0 Å². The van der Waals surface area contributed by atoms with Crippen molar-refractivity contribution in [3.8, 4) is 0 Å². The van der Waals surface area contributed by atoms with Crippen LogP contribution in [0.3, 0.4) is 0 Å². The van der Waals surface area contributed by atoms with Gasteiger partial charge in [0.15, 0.2) is 0 Å². The maximum atomic E-state index is 11.8. The molecule has 13 heavy (non-hydrogen) atoms. The fourth-order valence-electron chi connectivity index (χ4n) is 0.627. The second-order valence-corrected chi connectivity index (χ2v) is 2.36. The maximum Gasteiger partial charge on any atom is 0.320 e. The highest BCUT2D eigenvalue weighted by atomic mass is 35.5. The molecular formula is C6H13Cl2F2NO2. The van der Waals surface area contributed by atoms with E-state index in [1.807, 2.05) is 0 Å². The highest BCUT2D eigenvalue weighted by Crippen LogP contribution is 2.07. The molecule has 0 saturated heterocycles. The lowest BCUT2D eigenvalue weighted by atomic mass is 10.0. The normalized spacial score (nSPS) is 11.4. The van der Waals surface area contributed by atoms with Gasteiger partial charge < -0.3 is 10.8 Å². The van der Waals surface area contributed by atoms with Gasteiger partial charge in [-0.05, 0) is 6.42 Å². The van der Waals surface area contributed by atoms with Crippen molar-refractivity contribution in [2.45, 2.75) is 12.5 Å². The molecular weight excluding hydrogens is 227 g/mol. The fourth-order valence-corrected chi connectivity index (χ4v) is 0.627. The van der Waals surface area contributed by atoms with E-state index in [-0.39, 0.29) is 31.2 Å². The molecule has 0 rings (SSSR count). The number of carbonyl (C=O) groups is 1. The van der Waals surface area contributed by atoms with E-state index >= 15 is 0 Å². The SMILES string of the molecule is Cl.Cl.NC(CC(CF)CF)C(=O)O. The molecule has 0 aromatic carbocycles. The molecule has 82 valence electrons. The topological polar surface area (TPSA) is 63.3 Å². The maximum absolute atomic E-state index is 11.8. The number of carboxylic acid groups (broad SMARTS) is 1. The predicted octanol–water partition coefficient (Wildman–Crippen LogP) is 1.19. The third kappa shape index (κ3) is 8.21. The molecule has 0 spiro atoms. The summed E-state index contributed by atoms with van der Waals surface area (Å²) >= 11 is 0. The highest BCUT2D eigenvalue weighted by Gasteiger charge is 2.18. The Kier molecular flexibility index (Phi) is 14.3. The summed E-state index contributed by atoms with van der Waals surface area (Å²) < 4.78 is 23.6. The molecule has 0 aliphatic heterocycles. The average molecular weight is 240 g/mol. The minimum atomic E-state index is -1.23. The number of halogens is 4. The predicted molar refractivity (Wildman–Crippen MR) is 50.2 cm³/mol. The van der Waals surface area contributed by atoms with Crippen LogP contribution in [0.15, 0.2) is 0 Å². The van der Waals surface area contributed by atoms with Crippen molar-refractivity contribution < 1.29 is 18.7 Å². The Labute approximate surface area is 87.5 Å². The Morgan fingerprint density at radius 2 is 1.69 bits per heavy atom. The first-order chi connectivity index (χ1) is 5.11. The molecule has 0 heterocycles. The van der Waals surface area contributed by atoms with Crippen molar-refractivity contribution in [2.24, 2.45) is 11.7 Å². The zero-order valence-electron chi connectivity index (χ0n) is 6.78. The van der Waals surface area contributed by atoms with Gasteiger partial charge in [-0.3, -0.25) is 13.6 Å². The molecule has 1 atom stereocenters. The van der Waals surface area contributed by atoms with E-state index in [1.165, 1.54) is 0 Å². The summed E-state index contributed by atoms with van der Waals surface area (Å²) in [6.45, 7) is -1.73. The van der Waals surface area contributed by atoms with Crippen molar-refractivity contribution >= 4 is 30.8 Å². The first-order valence-corrected chi connectivity index (χ1v) is 3.22. The third-order valence-electron chi connectivity index (χ3n) is 1.34. The number of nitrogens with two attached hydrogens (primary N) is 1. The molecule has 0 aromatic rings. The average Bonchev–Trinajstić information content (AvgIpc) is 1.99. The zero-order chi connectivity index (χ0) is 8.85. The van der Waals surface area contributed by atoms with Crippen LogP contribution < -0.4 is 5.73 Å². The summed E-state index contributed by atoms with van der Waals surface area (Å²) in [4.78, 5) is 10.1. The van der Waals surface area contributed by atoms with Gasteiger partial charge in [0.05, 0.1) is 13.3 Å². The van der Waals surface area contributed by atoms with Gasteiger partial charge in [0.1, 0.15) is 6.04 Å². The van der Waals surface area contributed by atoms with Crippen molar-refractivity contribution in [1.29, 1.82) is 0 Å². The van der Waals surface area contributed by atoms with Gasteiger partial charge in [0.2, 0.25) is 0 Å². The third-order valence-corrected chi connectivity index (χ3v) is 1.34. The van der Waals surface area contributed by atoms with E-state index < -0.39 is 31.3 Å². The van der Waals surface area contributed by atoms with E-state index in [0.717, 1.165) is 0 Å². The van der Waals surface area contributed by atoms with Crippen LogP contribution in [0.2, 0.25) is 0 Å². The first-order valence-electron chi connectivity index (χ1n) is 3.22. The van der Waals surface area contributed by atoms with E-state index in [4.69, 9.17) is 10.8 Å². The lowest BCUT2D eigenvalue weighted by Crippen LogP contribution is -2.33. The number of alkyl halides is 2. The quantitative estimate of drug-likeness (QED) is 0.758. The molecule has 7 heteroatoms. The van der Waals surface area contributed by atoms with Crippen molar-refractivity contribution in [3.05, 3.63) is 0 Å². The van der Waals surface area contributed by atoms with Crippen LogP contribution in [-0.2, 0) is 4.79 Å². The number of rotatable bonds is 5.